The summed E-state index contributed by atoms with van der Waals surface area (Å²) in [6, 6.07) is 10.2. The number of hydrogen-bond acceptors (Lipinski definition) is 11. The quantitative estimate of drug-likeness (QED) is 0.0689. The van der Waals surface area contributed by atoms with Gasteiger partial charge in [0.1, 0.15) is 16.9 Å². The molecule has 6 aliphatic rings. The van der Waals surface area contributed by atoms with E-state index in [2.05, 4.69) is 9.79 Å². The van der Waals surface area contributed by atoms with Crippen molar-refractivity contribution >= 4 is 34.9 Å². The van der Waals surface area contributed by atoms with Crippen LogP contribution in [0.15, 0.2) is 54.6 Å². The molecule has 3 aromatic carbocycles. The van der Waals surface area contributed by atoms with E-state index < -0.39 is 62.3 Å². The Morgan fingerprint density at radius 3 is 1.25 bits per heavy atom. The molecule has 4 heterocycles. The van der Waals surface area contributed by atoms with E-state index in [1.807, 2.05) is 4.90 Å². The average molecular weight is 1000 g/mol. The molecule has 2 saturated carbocycles. The van der Waals surface area contributed by atoms with E-state index in [0.29, 0.717) is 35.6 Å². The Labute approximate surface area is 431 Å². The molecule has 0 aromatic heterocycles. The summed E-state index contributed by atoms with van der Waals surface area (Å²) in [7, 11) is 0. The van der Waals surface area contributed by atoms with Crippen LogP contribution in [0, 0.1) is 37.9 Å². The number of aliphatic hydroxyl groups excluding tert-OH is 1. The third-order valence-electron chi connectivity index (χ3n) is 12.5. The van der Waals surface area contributed by atoms with E-state index in [1.165, 1.54) is 30.0 Å². The van der Waals surface area contributed by atoms with Crippen LogP contribution in [0.1, 0.15) is 109 Å². The van der Waals surface area contributed by atoms with Gasteiger partial charge < -0.3 is 32.2 Å². The second kappa shape index (κ2) is 26.7. The van der Waals surface area contributed by atoms with Gasteiger partial charge in [0.2, 0.25) is 0 Å². The van der Waals surface area contributed by atoms with Crippen LogP contribution < -0.4 is 79.9 Å². The first-order valence-corrected chi connectivity index (χ1v) is 21.2. The third-order valence-corrected chi connectivity index (χ3v) is 12.5. The van der Waals surface area contributed by atoms with Crippen molar-refractivity contribution in [2.75, 3.05) is 22.1 Å². The first kappa shape index (κ1) is 60.7. The average Bonchev–Trinajstić information content (AvgIpc) is 4.15. The van der Waals surface area contributed by atoms with Crippen LogP contribution in [0.2, 0.25) is 0 Å². The molecule has 2 aliphatic carbocycles. The summed E-state index contributed by atoms with van der Waals surface area (Å²) in [6.45, 7) is 1.75. The number of anilines is 3. The van der Waals surface area contributed by atoms with E-state index in [-0.39, 0.29) is 97.5 Å². The van der Waals surface area contributed by atoms with Crippen molar-refractivity contribution in [3.8, 4) is 0 Å². The second-order valence-corrected chi connectivity index (χ2v) is 16.5. The van der Waals surface area contributed by atoms with Gasteiger partial charge in [0.05, 0.1) is 15.4 Å². The van der Waals surface area contributed by atoms with E-state index in [0.717, 1.165) is 63.5 Å². The summed E-state index contributed by atoms with van der Waals surface area (Å²) in [5.41, 5.74) is 0.850. The first-order chi connectivity index (χ1) is 30.9. The zero-order valence-electron chi connectivity index (χ0n) is 38.6. The first-order valence-electron chi connectivity index (χ1n) is 21.2. The molecule has 0 unspecified atom stereocenters. The number of nitro benzene ring substituents is 2. The molecule has 0 atom stereocenters. The summed E-state index contributed by atoms with van der Waals surface area (Å²) >= 11 is 0. The fourth-order valence-electron chi connectivity index (χ4n) is 9.76. The molecule has 4 aliphatic heterocycles. The van der Waals surface area contributed by atoms with E-state index >= 15 is 0 Å². The number of nitro groups is 2. The number of aliphatic hydroxyl groups is 1. The molecule has 13 nitrogen and oxygen atoms in total. The van der Waals surface area contributed by atoms with Gasteiger partial charge in [0.15, 0.2) is 0 Å². The van der Waals surface area contributed by atoms with Gasteiger partial charge in [-0.15, -0.1) is 0 Å². The number of nitrogen functional groups attached to an aromatic ring is 1. The molecule has 6 fully saturated rings. The van der Waals surface area contributed by atoms with Crippen molar-refractivity contribution < 1.29 is 134 Å². The summed E-state index contributed by atoms with van der Waals surface area (Å²) < 4.78 is 126. The Kier molecular flexibility index (Phi) is 23.8. The Balaban J connectivity index is 0.000000449. The maximum Gasteiger partial charge on any atom is 1.00 e. The Morgan fingerprint density at radius 1 is 0.647 bits per heavy atom. The van der Waals surface area contributed by atoms with Crippen molar-refractivity contribution in [1.29, 1.82) is 0 Å². The number of nitrogens with zero attached hydrogens (tertiary/aromatic N) is 4. The normalized spacial score (nSPS) is 22.4. The second-order valence-electron chi connectivity index (χ2n) is 16.5. The fourth-order valence-corrected chi connectivity index (χ4v) is 9.76. The Bertz CT molecular complexity index is 2070. The van der Waals surface area contributed by atoms with Gasteiger partial charge in [-0.1, -0.05) is 25.7 Å². The molecule has 0 amide bonds. The van der Waals surface area contributed by atoms with Crippen molar-refractivity contribution in [2.24, 2.45) is 11.8 Å². The minimum absolute atomic E-state index is 0. The van der Waals surface area contributed by atoms with Crippen LogP contribution in [-0.4, -0.2) is 52.2 Å². The van der Waals surface area contributed by atoms with Gasteiger partial charge in [-0.2, -0.15) is 39.5 Å². The van der Waals surface area contributed by atoms with Gasteiger partial charge in [-0.3, -0.25) is 25.0 Å². The molecule has 9 rings (SSSR count). The van der Waals surface area contributed by atoms with Gasteiger partial charge in [0.25, 0.3) is 17.8 Å². The summed E-state index contributed by atoms with van der Waals surface area (Å²) in [4.78, 5) is 34.1. The zero-order chi connectivity index (χ0) is 49.1. The zero-order valence-corrected chi connectivity index (χ0v) is 41.6. The minimum Gasteiger partial charge on any atom is -1.00 e. The standard InChI is InChI=1S/C13H13F3N2O2.C13H15F3N2.C7H3F4NO2.C7H12.C2H6O.CH2O3.2Na.H/c14-13(15,16)11-7-10(5-6-12(11)18(19)20)17-8-1-2-9(17)4-3-8;14-13(15,16)11-7-10(5-6-12(11)17)18-8-1-2-9(18)4-3-8;8-4-1-2-6(12(13)14)5(3-4)7(9,10)11;1-2-7-4-3-6(1)5-7;1-2-3;2-1-4-3;;;/h5-9H,1-4H2;5-9H,1-4,17H2;1-3H;6-7H,1-5H2;3H,2H2,1H3;1,3H;;;/q;;;;;;2*+1;-1/p-1. The molecule has 3 aromatic rings. The number of nitrogens with two attached hydrogens (primary N) is 1. The number of alkyl halides is 9. The molecule has 25 heteroatoms. The third kappa shape index (κ3) is 16.3. The number of hydrogen-bond donors (Lipinski definition) is 2. The maximum absolute atomic E-state index is 13.0. The molecule has 0 radical (unpaired) electrons. The molecule has 3 N–H and O–H groups in total. The van der Waals surface area contributed by atoms with Gasteiger partial charge in [-0.25, -0.2) is 4.39 Å². The van der Waals surface area contributed by atoms with Crippen LogP contribution in [0.5, 0.6) is 0 Å². The Hall–Kier alpha value is -3.45. The molecule has 368 valence electrons. The number of fused-ring (bicyclic) bond motifs is 6. The van der Waals surface area contributed by atoms with Crippen LogP contribution in [0.25, 0.3) is 0 Å². The molecular weight excluding hydrogens is 950 g/mol. The maximum atomic E-state index is 13.0. The predicted octanol–water partition coefficient (Wildman–Crippen LogP) is 4.67. The van der Waals surface area contributed by atoms with Crippen molar-refractivity contribution in [3.63, 3.8) is 0 Å². The number of carbonyl (C=O) groups is 1. The SMILES string of the molecule is C1CC2CCC1C2.CCO.Nc1ccc(N2C3CCC2CC3)cc1C(F)(F)F.O=CO[O-].O=[N+]([O-])c1ccc(F)cc1C(F)(F)F.O=[N+]([O-])c1ccc(N2C3CCC2CC3)cc1C(F)(F)F.[H-].[Na+].[Na+]. The summed E-state index contributed by atoms with van der Waals surface area (Å²) in [5, 5.41) is 36.9. The van der Waals surface area contributed by atoms with Crippen LogP contribution in [0.4, 0.5) is 72.3 Å². The molecule has 0 spiro atoms. The van der Waals surface area contributed by atoms with Crippen molar-refractivity contribution in [1.82, 2.24) is 0 Å². The van der Waals surface area contributed by atoms with Gasteiger partial charge in [-0.05, 0) is 119 Å². The van der Waals surface area contributed by atoms with Crippen molar-refractivity contribution in [2.45, 2.75) is 133 Å². The van der Waals surface area contributed by atoms with E-state index in [4.69, 9.17) is 20.9 Å². The monoisotopic (exact) mass is 1000 g/mol. The fraction of sp³-hybridized carbons (Fsp3) is 0.558. The van der Waals surface area contributed by atoms with E-state index in [1.54, 1.807) is 45.1 Å². The number of rotatable bonds is 5. The number of halogens is 10. The predicted molar refractivity (Wildman–Crippen MR) is 220 cm³/mol. The molecule has 4 saturated heterocycles. The molecule has 68 heavy (non-hydrogen) atoms. The van der Waals surface area contributed by atoms with Crippen molar-refractivity contribution in [3.05, 3.63) is 97.3 Å². The van der Waals surface area contributed by atoms with Crippen LogP contribution in [-0.2, 0) is 28.2 Å². The molecule has 6 bridgehead atoms. The number of carbonyl (C=O) groups excluding carboxylic acids is 1. The topological polar surface area (TPSA) is 188 Å². The molecular formula is C43H51F10N5Na2O8. The smallest absolute Gasteiger partial charge is 1.00 e. The number of benzene rings is 3. The summed E-state index contributed by atoms with van der Waals surface area (Å²) in [5.74, 6) is 1.18. The minimum atomic E-state index is -4.93. The largest absolute Gasteiger partial charge is 1.00 e. The van der Waals surface area contributed by atoms with Gasteiger partial charge >= 0.3 is 77.6 Å². The Morgan fingerprint density at radius 2 is 0.956 bits per heavy atom. The summed E-state index contributed by atoms with van der Waals surface area (Å²) in [6.07, 6.45) is 2.14. The van der Waals surface area contributed by atoms with Gasteiger partial charge in [0, 0.05) is 60.0 Å². The van der Waals surface area contributed by atoms with Crippen LogP contribution >= 0.6 is 0 Å². The van der Waals surface area contributed by atoms with E-state index in [9.17, 15) is 64.1 Å². The van der Waals surface area contributed by atoms with Crippen LogP contribution in [0.3, 0.4) is 0 Å².